The highest BCUT2D eigenvalue weighted by atomic mass is 32.1. The Kier molecular flexibility index (Phi) is 1.25. The summed E-state index contributed by atoms with van der Waals surface area (Å²) in [6, 6.07) is 3.95. The van der Waals surface area contributed by atoms with Crippen LogP contribution >= 0.6 is 11.3 Å². The lowest BCUT2D eigenvalue weighted by molar-refractivity contribution is 0.765. The third kappa shape index (κ3) is 0.823. The Labute approximate surface area is 61.9 Å². The summed E-state index contributed by atoms with van der Waals surface area (Å²) in [5, 5.41) is 11.0. The second-order valence-corrected chi connectivity index (χ2v) is 2.70. The molecule has 2 heterocycles. The fourth-order valence-corrected chi connectivity index (χ4v) is 1.36. The highest BCUT2D eigenvalue weighted by molar-refractivity contribution is 7.12. The Bertz CT molecular complexity index is 252. The van der Waals surface area contributed by atoms with Crippen LogP contribution in [0.4, 0.5) is 0 Å². The Morgan fingerprint density at radius 1 is 1.30 bits per heavy atom. The summed E-state index contributed by atoms with van der Waals surface area (Å²) >= 11 is 1.62. The second-order valence-electron chi connectivity index (χ2n) is 1.77. The largest absolute Gasteiger partial charge is 0.156 e. The third-order valence-electron chi connectivity index (χ3n) is 1.12. The molecule has 3 nitrogen and oxygen atoms in total. The molecule has 4 heteroatoms. The van der Waals surface area contributed by atoms with Gasteiger partial charge in [-0.25, -0.2) is 0 Å². The minimum Gasteiger partial charge on any atom is -0.156 e. The fraction of sp³-hybridized carbons (Fsp3) is 0. The molecule has 2 aromatic rings. The number of nitrogens with zero attached hydrogens (tertiary/aromatic N) is 3. The zero-order valence-electron chi connectivity index (χ0n) is 5.14. The van der Waals surface area contributed by atoms with Crippen LogP contribution in [-0.4, -0.2) is 15.0 Å². The third-order valence-corrected chi connectivity index (χ3v) is 1.96. The maximum Gasteiger partial charge on any atom is 0.138 e. The summed E-state index contributed by atoms with van der Waals surface area (Å²) in [4.78, 5) is 1.60. The summed E-state index contributed by atoms with van der Waals surface area (Å²) in [7, 11) is 0. The van der Waals surface area contributed by atoms with Crippen LogP contribution in [0.25, 0.3) is 5.00 Å². The summed E-state index contributed by atoms with van der Waals surface area (Å²) in [6.45, 7) is 0. The standard InChI is InChI=1S/C6H5N3S/c1-2-6(10-5-1)9-7-3-4-8-9/h1-5H. The zero-order chi connectivity index (χ0) is 6.81. The van der Waals surface area contributed by atoms with Gasteiger partial charge in [-0.05, 0) is 17.5 Å². The molecule has 0 unspecified atom stereocenters. The SMILES string of the molecule is c1csc(-n2nccn2)c1. The van der Waals surface area contributed by atoms with Crippen molar-refractivity contribution >= 4 is 11.3 Å². The molecule has 0 saturated heterocycles. The summed E-state index contributed by atoms with van der Waals surface area (Å²) in [5.74, 6) is 0. The molecule has 0 aliphatic carbocycles. The molecule has 0 saturated carbocycles. The van der Waals surface area contributed by atoms with E-state index in [-0.39, 0.29) is 0 Å². The highest BCUT2D eigenvalue weighted by Gasteiger charge is 1.94. The van der Waals surface area contributed by atoms with Crippen LogP contribution < -0.4 is 0 Å². The molecule has 0 radical (unpaired) electrons. The molecule has 0 fully saturated rings. The van der Waals surface area contributed by atoms with Crippen LogP contribution in [0.15, 0.2) is 29.9 Å². The topological polar surface area (TPSA) is 30.7 Å². The van der Waals surface area contributed by atoms with E-state index in [2.05, 4.69) is 10.2 Å². The van der Waals surface area contributed by atoms with Gasteiger partial charge in [0.2, 0.25) is 0 Å². The van der Waals surface area contributed by atoms with Gasteiger partial charge in [0.25, 0.3) is 0 Å². The summed E-state index contributed by atoms with van der Waals surface area (Å²) in [6.07, 6.45) is 3.33. The van der Waals surface area contributed by atoms with Crippen molar-refractivity contribution < 1.29 is 0 Å². The van der Waals surface area contributed by atoms with Gasteiger partial charge in [-0.15, -0.1) is 16.1 Å². The van der Waals surface area contributed by atoms with Gasteiger partial charge in [-0.3, -0.25) is 0 Å². The van der Waals surface area contributed by atoms with Gasteiger partial charge >= 0.3 is 0 Å². The number of hydrogen-bond acceptors (Lipinski definition) is 3. The van der Waals surface area contributed by atoms with Crippen molar-refractivity contribution in [1.29, 1.82) is 0 Å². The van der Waals surface area contributed by atoms with Gasteiger partial charge < -0.3 is 0 Å². The summed E-state index contributed by atoms with van der Waals surface area (Å²) < 4.78 is 0. The molecule has 10 heavy (non-hydrogen) atoms. The Morgan fingerprint density at radius 3 is 2.70 bits per heavy atom. The van der Waals surface area contributed by atoms with Gasteiger partial charge in [-0.1, -0.05) is 0 Å². The van der Waals surface area contributed by atoms with Crippen molar-refractivity contribution in [1.82, 2.24) is 15.0 Å². The van der Waals surface area contributed by atoms with E-state index in [1.54, 1.807) is 28.5 Å². The van der Waals surface area contributed by atoms with Gasteiger partial charge in [0.05, 0.1) is 12.4 Å². The van der Waals surface area contributed by atoms with E-state index >= 15 is 0 Å². The molecule has 0 atom stereocenters. The van der Waals surface area contributed by atoms with Crippen molar-refractivity contribution in [2.45, 2.75) is 0 Å². The lowest BCUT2D eigenvalue weighted by Crippen LogP contribution is -1.93. The molecule has 0 aliphatic heterocycles. The Morgan fingerprint density at radius 2 is 2.10 bits per heavy atom. The average Bonchev–Trinajstić information content (AvgIpc) is 2.59. The average molecular weight is 151 g/mol. The number of rotatable bonds is 1. The van der Waals surface area contributed by atoms with Crippen LogP contribution in [-0.2, 0) is 0 Å². The van der Waals surface area contributed by atoms with E-state index in [4.69, 9.17) is 0 Å². The van der Waals surface area contributed by atoms with Crippen molar-refractivity contribution in [2.75, 3.05) is 0 Å². The van der Waals surface area contributed by atoms with Crippen molar-refractivity contribution in [3.8, 4) is 5.00 Å². The lowest BCUT2D eigenvalue weighted by atomic mass is 10.6. The summed E-state index contributed by atoms with van der Waals surface area (Å²) in [5.41, 5.74) is 0. The first-order chi connectivity index (χ1) is 4.97. The molecule has 0 bridgehead atoms. The molecule has 0 aliphatic rings. The Hall–Kier alpha value is -1.16. The molecule has 0 aromatic carbocycles. The quantitative estimate of drug-likeness (QED) is 0.615. The smallest absolute Gasteiger partial charge is 0.138 e. The van der Waals surface area contributed by atoms with Gasteiger partial charge in [0.1, 0.15) is 5.00 Å². The first kappa shape index (κ1) is 5.61. The maximum atomic E-state index is 3.97. The number of thiophene rings is 1. The molecule has 0 amide bonds. The van der Waals surface area contributed by atoms with Crippen LogP contribution in [0.3, 0.4) is 0 Å². The second kappa shape index (κ2) is 2.22. The maximum absolute atomic E-state index is 3.97. The van der Waals surface area contributed by atoms with Crippen molar-refractivity contribution in [2.24, 2.45) is 0 Å². The van der Waals surface area contributed by atoms with Crippen LogP contribution in [0, 0.1) is 0 Å². The van der Waals surface area contributed by atoms with Gasteiger partial charge in [0, 0.05) is 0 Å². The van der Waals surface area contributed by atoms with Crippen LogP contribution in [0.2, 0.25) is 0 Å². The predicted molar refractivity (Wildman–Crippen MR) is 39.2 cm³/mol. The highest BCUT2D eigenvalue weighted by Crippen LogP contribution is 2.10. The molecular weight excluding hydrogens is 146 g/mol. The molecule has 0 spiro atoms. The van der Waals surface area contributed by atoms with E-state index < -0.39 is 0 Å². The van der Waals surface area contributed by atoms with Crippen LogP contribution in [0.5, 0.6) is 0 Å². The van der Waals surface area contributed by atoms with Gasteiger partial charge in [-0.2, -0.15) is 10.2 Å². The molecule has 50 valence electrons. The monoisotopic (exact) mass is 151 g/mol. The van der Waals surface area contributed by atoms with Gasteiger partial charge in [0.15, 0.2) is 0 Å². The number of hydrogen-bond donors (Lipinski definition) is 0. The minimum absolute atomic E-state index is 1.05. The fourth-order valence-electron chi connectivity index (χ4n) is 0.713. The zero-order valence-corrected chi connectivity index (χ0v) is 5.95. The minimum atomic E-state index is 1.05. The Balaban J connectivity index is 2.48. The van der Waals surface area contributed by atoms with E-state index in [1.807, 2.05) is 17.5 Å². The molecule has 2 rings (SSSR count). The normalized spacial score (nSPS) is 10.0. The molecule has 2 aromatic heterocycles. The number of aromatic nitrogens is 3. The van der Waals surface area contributed by atoms with E-state index in [0.717, 1.165) is 5.00 Å². The first-order valence-electron chi connectivity index (χ1n) is 2.87. The van der Waals surface area contributed by atoms with Crippen molar-refractivity contribution in [3.05, 3.63) is 29.9 Å². The molecular formula is C6H5N3S. The van der Waals surface area contributed by atoms with E-state index in [9.17, 15) is 0 Å². The lowest BCUT2D eigenvalue weighted by Gasteiger charge is -1.89. The first-order valence-corrected chi connectivity index (χ1v) is 3.75. The van der Waals surface area contributed by atoms with E-state index in [0.29, 0.717) is 0 Å². The van der Waals surface area contributed by atoms with Crippen LogP contribution in [0.1, 0.15) is 0 Å². The van der Waals surface area contributed by atoms with Crippen molar-refractivity contribution in [3.63, 3.8) is 0 Å². The molecule has 0 N–H and O–H groups in total. The van der Waals surface area contributed by atoms with E-state index in [1.165, 1.54) is 0 Å². The predicted octanol–water partition coefficient (Wildman–Crippen LogP) is 1.33.